The summed E-state index contributed by atoms with van der Waals surface area (Å²) < 4.78 is 4.50. The fraction of sp³-hybridized carbons (Fsp3) is 0.533. The molecule has 0 bridgehead atoms. The van der Waals surface area contributed by atoms with Crippen LogP contribution in [0.5, 0.6) is 0 Å². The average molecular weight is 260 g/mol. The summed E-state index contributed by atoms with van der Waals surface area (Å²) in [4.78, 5) is 0. The number of fused-ring (bicyclic) bond motifs is 1. The van der Waals surface area contributed by atoms with Crippen LogP contribution in [0.2, 0.25) is 0 Å². The van der Waals surface area contributed by atoms with E-state index in [0.717, 1.165) is 17.4 Å². The van der Waals surface area contributed by atoms with Crippen molar-refractivity contribution in [1.82, 2.24) is 4.37 Å². The number of aromatic nitrogens is 1. The van der Waals surface area contributed by atoms with Crippen LogP contribution in [-0.2, 0) is 0 Å². The zero-order chi connectivity index (χ0) is 12.5. The minimum atomic E-state index is 0.624. The van der Waals surface area contributed by atoms with Crippen molar-refractivity contribution in [3.8, 4) is 0 Å². The Morgan fingerprint density at radius 2 is 2.17 bits per heavy atom. The van der Waals surface area contributed by atoms with Gasteiger partial charge < -0.3 is 5.32 Å². The lowest BCUT2D eigenvalue weighted by molar-refractivity contribution is 0.392. The maximum absolute atomic E-state index is 4.50. The van der Waals surface area contributed by atoms with Gasteiger partial charge in [-0.2, -0.15) is 4.37 Å². The SMILES string of the molecule is CCC1CCC(Nc2snc3ccccc23)C1C. The minimum Gasteiger partial charge on any atom is -0.372 e. The molecule has 2 aromatic rings. The number of anilines is 1. The summed E-state index contributed by atoms with van der Waals surface area (Å²) >= 11 is 1.60. The number of hydrogen-bond acceptors (Lipinski definition) is 3. The van der Waals surface area contributed by atoms with Crippen LogP contribution in [-0.4, -0.2) is 10.4 Å². The van der Waals surface area contributed by atoms with Gasteiger partial charge in [-0.1, -0.05) is 32.4 Å². The van der Waals surface area contributed by atoms with E-state index in [0.29, 0.717) is 6.04 Å². The second-order valence-electron chi connectivity index (χ2n) is 5.38. The summed E-state index contributed by atoms with van der Waals surface area (Å²) in [5.41, 5.74) is 1.11. The van der Waals surface area contributed by atoms with E-state index in [1.54, 1.807) is 11.5 Å². The van der Waals surface area contributed by atoms with Crippen molar-refractivity contribution in [3.63, 3.8) is 0 Å². The van der Waals surface area contributed by atoms with Crippen molar-refractivity contribution in [3.05, 3.63) is 24.3 Å². The third-order valence-electron chi connectivity index (χ3n) is 4.45. The molecule has 1 heterocycles. The Hall–Kier alpha value is -1.09. The number of nitrogens with one attached hydrogen (secondary N) is 1. The van der Waals surface area contributed by atoms with E-state index in [1.807, 2.05) is 0 Å². The van der Waals surface area contributed by atoms with Crippen molar-refractivity contribution in [2.24, 2.45) is 11.8 Å². The molecule has 2 nitrogen and oxygen atoms in total. The van der Waals surface area contributed by atoms with Gasteiger partial charge in [0.1, 0.15) is 5.00 Å². The van der Waals surface area contributed by atoms with E-state index in [9.17, 15) is 0 Å². The molecule has 3 heteroatoms. The summed E-state index contributed by atoms with van der Waals surface area (Å²) in [6, 6.07) is 9.02. The highest BCUT2D eigenvalue weighted by atomic mass is 32.1. The lowest BCUT2D eigenvalue weighted by Gasteiger charge is -2.21. The van der Waals surface area contributed by atoms with Gasteiger partial charge in [-0.25, -0.2) is 0 Å². The Balaban J connectivity index is 1.81. The molecule has 3 atom stereocenters. The Bertz CT molecular complexity index is 534. The van der Waals surface area contributed by atoms with Crippen LogP contribution in [0.4, 0.5) is 5.00 Å². The first kappa shape index (κ1) is 12.0. The predicted molar refractivity (Wildman–Crippen MR) is 79.2 cm³/mol. The van der Waals surface area contributed by atoms with Gasteiger partial charge in [0.15, 0.2) is 0 Å². The second-order valence-corrected chi connectivity index (χ2v) is 6.16. The van der Waals surface area contributed by atoms with Gasteiger partial charge in [0, 0.05) is 11.4 Å². The number of benzene rings is 1. The van der Waals surface area contributed by atoms with Gasteiger partial charge in [-0.15, -0.1) is 0 Å². The molecule has 1 fully saturated rings. The third kappa shape index (κ3) is 2.01. The smallest absolute Gasteiger partial charge is 0.117 e. The summed E-state index contributed by atoms with van der Waals surface area (Å²) in [6.45, 7) is 4.70. The van der Waals surface area contributed by atoms with Gasteiger partial charge in [0.25, 0.3) is 0 Å². The number of rotatable bonds is 3. The molecule has 0 saturated heterocycles. The van der Waals surface area contributed by atoms with Crippen LogP contribution < -0.4 is 5.32 Å². The van der Waals surface area contributed by atoms with Crippen molar-refractivity contribution in [1.29, 1.82) is 0 Å². The first-order valence-corrected chi connectivity index (χ1v) is 7.68. The Morgan fingerprint density at radius 3 is 2.94 bits per heavy atom. The van der Waals surface area contributed by atoms with Gasteiger partial charge in [-0.05, 0) is 48.3 Å². The van der Waals surface area contributed by atoms with E-state index < -0.39 is 0 Å². The molecule has 3 rings (SSSR count). The first-order chi connectivity index (χ1) is 8.79. The predicted octanol–water partition coefficient (Wildman–Crippen LogP) is 4.53. The molecule has 1 N–H and O–H groups in total. The summed E-state index contributed by atoms with van der Waals surface area (Å²) in [7, 11) is 0. The second kappa shape index (κ2) is 4.88. The van der Waals surface area contributed by atoms with Gasteiger partial charge in [0.2, 0.25) is 0 Å². The molecular formula is C15H20N2S. The van der Waals surface area contributed by atoms with Crippen molar-refractivity contribution < 1.29 is 0 Å². The molecule has 1 aromatic heterocycles. The van der Waals surface area contributed by atoms with E-state index in [1.165, 1.54) is 29.6 Å². The van der Waals surface area contributed by atoms with E-state index in [-0.39, 0.29) is 0 Å². The molecule has 18 heavy (non-hydrogen) atoms. The zero-order valence-electron chi connectivity index (χ0n) is 11.0. The standard InChI is InChI=1S/C15H20N2S/c1-3-11-8-9-13(10(11)2)16-15-12-6-4-5-7-14(12)17-18-15/h4-7,10-11,13,16H,3,8-9H2,1-2H3. The number of nitrogens with zero attached hydrogens (tertiary/aromatic N) is 1. The Labute approximate surface area is 113 Å². The lowest BCUT2D eigenvalue weighted by atomic mass is 9.93. The molecule has 0 spiro atoms. The fourth-order valence-electron chi connectivity index (χ4n) is 3.19. The summed E-state index contributed by atoms with van der Waals surface area (Å²) in [5.74, 6) is 1.66. The third-order valence-corrected chi connectivity index (χ3v) is 5.26. The maximum atomic E-state index is 4.50. The van der Waals surface area contributed by atoms with Gasteiger partial charge in [0.05, 0.1) is 5.52 Å². The Morgan fingerprint density at radius 1 is 1.33 bits per heavy atom. The fourth-order valence-corrected chi connectivity index (χ4v) is 4.01. The first-order valence-electron chi connectivity index (χ1n) is 6.90. The lowest BCUT2D eigenvalue weighted by Crippen LogP contribution is -2.24. The quantitative estimate of drug-likeness (QED) is 0.876. The van der Waals surface area contributed by atoms with Crippen molar-refractivity contribution in [2.45, 2.75) is 39.2 Å². The molecule has 3 unspecified atom stereocenters. The highest BCUT2D eigenvalue weighted by Crippen LogP contribution is 2.37. The van der Waals surface area contributed by atoms with E-state index in [4.69, 9.17) is 0 Å². The molecule has 0 amide bonds. The minimum absolute atomic E-state index is 0.624. The monoisotopic (exact) mass is 260 g/mol. The average Bonchev–Trinajstić information content (AvgIpc) is 2.96. The molecule has 1 aliphatic rings. The van der Waals surface area contributed by atoms with Gasteiger partial charge >= 0.3 is 0 Å². The van der Waals surface area contributed by atoms with Crippen molar-refractivity contribution >= 4 is 27.4 Å². The summed E-state index contributed by atoms with van der Waals surface area (Å²) in [5, 5.41) is 6.26. The molecule has 0 aliphatic heterocycles. The highest BCUT2D eigenvalue weighted by Gasteiger charge is 2.31. The molecular weight excluding hydrogens is 240 g/mol. The largest absolute Gasteiger partial charge is 0.372 e. The molecule has 1 aliphatic carbocycles. The summed E-state index contributed by atoms with van der Waals surface area (Å²) in [6.07, 6.45) is 3.97. The zero-order valence-corrected chi connectivity index (χ0v) is 11.8. The molecule has 0 radical (unpaired) electrons. The van der Waals surface area contributed by atoms with E-state index in [2.05, 4.69) is 47.8 Å². The normalized spacial score (nSPS) is 27.8. The van der Waals surface area contributed by atoms with Gasteiger partial charge in [-0.3, -0.25) is 0 Å². The van der Waals surface area contributed by atoms with Crippen LogP contribution in [0, 0.1) is 11.8 Å². The van der Waals surface area contributed by atoms with E-state index >= 15 is 0 Å². The van der Waals surface area contributed by atoms with Crippen molar-refractivity contribution in [2.75, 3.05) is 5.32 Å². The van der Waals surface area contributed by atoms with Crippen LogP contribution in [0.3, 0.4) is 0 Å². The Kier molecular flexibility index (Phi) is 3.25. The van der Waals surface area contributed by atoms with Crippen LogP contribution >= 0.6 is 11.5 Å². The van der Waals surface area contributed by atoms with Crippen LogP contribution in [0.15, 0.2) is 24.3 Å². The maximum Gasteiger partial charge on any atom is 0.117 e. The van der Waals surface area contributed by atoms with Crippen LogP contribution in [0.1, 0.15) is 33.1 Å². The molecule has 1 saturated carbocycles. The topological polar surface area (TPSA) is 24.9 Å². The molecule has 1 aromatic carbocycles. The molecule has 96 valence electrons. The van der Waals surface area contributed by atoms with Crippen LogP contribution in [0.25, 0.3) is 10.9 Å². The highest BCUT2D eigenvalue weighted by molar-refractivity contribution is 7.11. The number of hydrogen-bond donors (Lipinski definition) is 1.